The first-order valence-electron chi connectivity index (χ1n) is 12.3. The van der Waals surface area contributed by atoms with E-state index in [2.05, 4.69) is 0 Å². The van der Waals surface area contributed by atoms with Crippen molar-refractivity contribution in [3.8, 4) is 0 Å². The molecule has 3 saturated heterocycles. The molecule has 0 N–H and O–H groups in total. The summed E-state index contributed by atoms with van der Waals surface area (Å²) >= 11 is 0. The predicted octanol–water partition coefficient (Wildman–Crippen LogP) is 3.31. The third-order valence-corrected chi connectivity index (χ3v) is 7.78. The molecule has 2 amide bonds. The van der Waals surface area contributed by atoms with Gasteiger partial charge in [-0.2, -0.15) is 0 Å². The van der Waals surface area contributed by atoms with Gasteiger partial charge in [-0.25, -0.2) is 0 Å². The van der Waals surface area contributed by atoms with Crippen LogP contribution in [0.4, 0.5) is 11.4 Å². The summed E-state index contributed by atoms with van der Waals surface area (Å²) in [5.41, 5.74) is -0.843. The highest BCUT2D eigenvalue weighted by atomic mass is 16.6. The monoisotopic (exact) mass is 524 g/mol. The Labute approximate surface area is 218 Å². The number of ether oxygens (including phenoxy) is 2. The molecule has 12 nitrogen and oxygen atoms in total. The van der Waals surface area contributed by atoms with Crippen molar-refractivity contribution in [2.24, 2.45) is 0 Å². The fourth-order valence-electron chi connectivity index (χ4n) is 5.32. The SMILES string of the molecule is CC1CN(C(=O)C2(C)OC2c2ccc([N+](=O)[O-])cc2)C(C)CN1C(=O)C1(C)OC1c1ccc([N+](=O)[O-])cc1. The lowest BCUT2D eigenvalue weighted by Gasteiger charge is -2.45. The fraction of sp³-hybridized carbons (Fsp3) is 0.462. The van der Waals surface area contributed by atoms with Gasteiger partial charge in [0.15, 0.2) is 11.2 Å². The minimum Gasteiger partial charge on any atom is -0.351 e. The van der Waals surface area contributed by atoms with E-state index in [4.69, 9.17) is 9.47 Å². The van der Waals surface area contributed by atoms with E-state index >= 15 is 0 Å². The van der Waals surface area contributed by atoms with Gasteiger partial charge in [0.05, 0.1) is 9.85 Å². The van der Waals surface area contributed by atoms with Crippen molar-refractivity contribution in [3.05, 3.63) is 79.9 Å². The molecule has 3 aliphatic rings. The number of non-ortho nitro benzene ring substituents is 2. The summed E-state index contributed by atoms with van der Waals surface area (Å²) in [6.45, 7) is 7.81. The van der Waals surface area contributed by atoms with Crippen LogP contribution in [-0.2, 0) is 19.1 Å². The van der Waals surface area contributed by atoms with Crippen LogP contribution in [0.3, 0.4) is 0 Å². The summed E-state index contributed by atoms with van der Waals surface area (Å²) in [5.74, 6) is -0.380. The minimum atomic E-state index is -1.08. The third kappa shape index (κ3) is 4.19. The molecule has 6 atom stereocenters. The van der Waals surface area contributed by atoms with Gasteiger partial charge < -0.3 is 19.3 Å². The lowest BCUT2D eigenvalue weighted by Crippen LogP contribution is -2.62. The lowest BCUT2D eigenvalue weighted by molar-refractivity contribution is -0.385. The molecule has 2 aromatic carbocycles. The second-order valence-electron chi connectivity index (χ2n) is 10.5. The molecule has 12 heteroatoms. The first kappa shape index (κ1) is 25.7. The van der Waals surface area contributed by atoms with Crippen molar-refractivity contribution in [1.82, 2.24) is 9.80 Å². The second kappa shape index (κ2) is 8.84. The molecular weight excluding hydrogens is 496 g/mol. The van der Waals surface area contributed by atoms with Gasteiger partial charge in [-0.1, -0.05) is 0 Å². The maximum atomic E-state index is 13.5. The number of hydrogen-bond donors (Lipinski definition) is 0. The number of hydrogen-bond acceptors (Lipinski definition) is 8. The highest BCUT2D eigenvalue weighted by Gasteiger charge is 2.63. The van der Waals surface area contributed by atoms with E-state index in [1.54, 1.807) is 47.9 Å². The average molecular weight is 525 g/mol. The topological polar surface area (TPSA) is 152 Å². The van der Waals surface area contributed by atoms with Crippen LogP contribution in [-0.4, -0.2) is 67.8 Å². The van der Waals surface area contributed by atoms with E-state index in [0.717, 1.165) is 0 Å². The Morgan fingerprint density at radius 1 is 0.737 bits per heavy atom. The first-order valence-corrected chi connectivity index (χ1v) is 12.3. The molecule has 0 saturated carbocycles. The molecule has 38 heavy (non-hydrogen) atoms. The van der Waals surface area contributed by atoms with Crippen molar-refractivity contribution < 1.29 is 28.9 Å². The lowest BCUT2D eigenvalue weighted by atomic mass is 9.95. The van der Waals surface area contributed by atoms with E-state index in [1.165, 1.54) is 24.3 Å². The Morgan fingerprint density at radius 2 is 1.05 bits per heavy atom. The van der Waals surface area contributed by atoms with Crippen LogP contribution in [0.25, 0.3) is 0 Å². The Morgan fingerprint density at radius 3 is 1.34 bits per heavy atom. The van der Waals surface area contributed by atoms with Gasteiger partial charge in [-0.05, 0) is 63.1 Å². The second-order valence-corrected chi connectivity index (χ2v) is 10.5. The maximum Gasteiger partial charge on any atom is 0.269 e. The largest absolute Gasteiger partial charge is 0.351 e. The van der Waals surface area contributed by atoms with E-state index in [9.17, 15) is 29.8 Å². The predicted molar refractivity (Wildman–Crippen MR) is 133 cm³/mol. The van der Waals surface area contributed by atoms with Crippen molar-refractivity contribution >= 4 is 23.2 Å². The highest BCUT2D eigenvalue weighted by Crippen LogP contribution is 2.52. The van der Waals surface area contributed by atoms with Crippen LogP contribution in [0.5, 0.6) is 0 Å². The molecule has 0 aromatic heterocycles. The van der Waals surface area contributed by atoms with Crippen LogP contribution < -0.4 is 0 Å². The Balaban J connectivity index is 1.23. The Kier molecular flexibility index (Phi) is 5.99. The fourth-order valence-corrected chi connectivity index (χ4v) is 5.32. The van der Waals surface area contributed by atoms with Gasteiger partial charge in [0.2, 0.25) is 0 Å². The number of carbonyl (C=O) groups is 2. The quantitative estimate of drug-likeness (QED) is 0.317. The van der Waals surface area contributed by atoms with Crippen molar-refractivity contribution in [3.63, 3.8) is 0 Å². The van der Waals surface area contributed by atoms with Gasteiger partial charge in [-0.3, -0.25) is 29.8 Å². The van der Waals surface area contributed by atoms with Crippen molar-refractivity contribution in [1.29, 1.82) is 0 Å². The Hall–Kier alpha value is -3.90. The molecule has 6 unspecified atom stereocenters. The van der Waals surface area contributed by atoms with E-state index in [-0.39, 0.29) is 35.3 Å². The summed E-state index contributed by atoms with van der Waals surface area (Å²) in [5, 5.41) is 21.9. The zero-order chi connectivity index (χ0) is 27.6. The molecular formula is C26H28N4O8. The number of piperazine rings is 1. The molecule has 3 aliphatic heterocycles. The summed E-state index contributed by atoms with van der Waals surface area (Å²) < 4.78 is 11.6. The zero-order valence-electron chi connectivity index (χ0n) is 21.4. The standard InChI is InChI=1S/C26H28N4O8/c1-15-13-28(24(32)26(4)22(38-26)18-7-11-20(12-8-18)30(35)36)16(2)14-27(15)23(31)25(3)21(37-25)17-5-9-19(10-6-17)29(33)34/h5-12,15-16,21-22H,13-14H2,1-4H3. The zero-order valence-corrected chi connectivity index (χ0v) is 21.4. The molecule has 200 valence electrons. The number of rotatable bonds is 6. The van der Waals surface area contributed by atoms with E-state index in [0.29, 0.717) is 24.2 Å². The van der Waals surface area contributed by atoms with Gasteiger partial charge in [0, 0.05) is 49.4 Å². The van der Waals surface area contributed by atoms with E-state index in [1.807, 2.05) is 13.8 Å². The number of benzene rings is 2. The maximum absolute atomic E-state index is 13.5. The normalized spacial score (nSPS) is 32.0. The van der Waals surface area contributed by atoms with Gasteiger partial charge in [0.1, 0.15) is 12.2 Å². The molecule has 0 bridgehead atoms. The molecule has 2 aromatic rings. The van der Waals surface area contributed by atoms with Crippen LogP contribution >= 0.6 is 0 Å². The molecule has 0 radical (unpaired) electrons. The number of carbonyl (C=O) groups excluding carboxylic acids is 2. The number of nitrogens with zero attached hydrogens (tertiary/aromatic N) is 4. The minimum absolute atomic E-state index is 0.0326. The summed E-state index contributed by atoms with van der Waals surface area (Å²) in [7, 11) is 0. The number of nitro groups is 2. The van der Waals surface area contributed by atoms with Crippen LogP contribution in [0.15, 0.2) is 48.5 Å². The first-order chi connectivity index (χ1) is 17.9. The smallest absolute Gasteiger partial charge is 0.269 e. The van der Waals surface area contributed by atoms with Crippen LogP contribution in [0.2, 0.25) is 0 Å². The van der Waals surface area contributed by atoms with Gasteiger partial charge >= 0.3 is 0 Å². The summed E-state index contributed by atoms with van der Waals surface area (Å²) in [6, 6.07) is 11.4. The number of nitro benzene ring substituents is 2. The van der Waals surface area contributed by atoms with Crippen LogP contribution in [0.1, 0.15) is 51.0 Å². The number of amides is 2. The summed E-state index contributed by atoms with van der Waals surface area (Å²) in [4.78, 5) is 51.4. The molecule has 3 heterocycles. The van der Waals surface area contributed by atoms with Crippen LogP contribution in [0, 0.1) is 20.2 Å². The van der Waals surface area contributed by atoms with Gasteiger partial charge in [-0.15, -0.1) is 0 Å². The molecule has 0 aliphatic carbocycles. The number of epoxide rings is 2. The molecule has 0 spiro atoms. The average Bonchev–Trinajstić information content (AvgIpc) is 3.79. The third-order valence-electron chi connectivity index (χ3n) is 7.78. The van der Waals surface area contributed by atoms with Crippen molar-refractivity contribution in [2.45, 2.75) is 63.2 Å². The summed E-state index contributed by atoms with van der Waals surface area (Å²) in [6.07, 6.45) is -1.00. The highest BCUT2D eigenvalue weighted by molar-refractivity contribution is 5.91. The van der Waals surface area contributed by atoms with Gasteiger partial charge in [0.25, 0.3) is 23.2 Å². The van der Waals surface area contributed by atoms with Crippen molar-refractivity contribution in [2.75, 3.05) is 13.1 Å². The van der Waals surface area contributed by atoms with E-state index < -0.39 is 33.3 Å². The molecule has 3 fully saturated rings. The Bertz CT molecular complexity index is 1210. The molecule has 5 rings (SSSR count).